The summed E-state index contributed by atoms with van der Waals surface area (Å²) in [5.74, 6) is 0. The fourth-order valence-corrected chi connectivity index (χ4v) is 2.25. The zero-order chi connectivity index (χ0) is 10.0. The SMILES string of the molecule is CC1=CCCC(C)(N2CCCN2)C=C1. The van der Waals surface area contributed by atoms with Gasteiger partial charge in [0.25, 0.3) is 0 Å². The molecule has 2 heteroatoms. The molecule has 1 atom stereocenters. The predicted molar refractivity (Wildman–Crippen MR) is 59.9 cm³/mol. The van der Waals surface area contributed by atoms with Crippen LogP contribution in [0.25, 0.3) is 0 Å². The van der Waals surface area contributed by atoms with E-state index < -0.39 is 0 Å². The largest absolute Gasteiger partial charge is 0.254 e. The standard InChI is InChI=1S/C12H20N2/c1-11-5-3-7-12(2,8-6-11)14-10-4-9-13-14/h5-6,8,13H,3-4,7,9-10H2,1-2H3. The molecule has 2 aliphatic rings. The fourth-order valence-electron chi connectivity index (χ4n) is 2.25. The molecule has 0 spiro atoms. The molecule has 0 saturated carbocycles. The van der Waals surface area contributed by atoms with Crippen molar-refractivity contribution in [2.75, 3.05) is 13.1 Å². The van der Waals surface area contributed by atoms with Crippen LogP contribution in [-0.4, -0.2) is 23.6 Å². The first kappa shape index (κ1) is 9.94. The van der Waals surface area contributed by atoms with Crippen LogP contribution in [0.5, 0.6) is 0 Å². The molecule has 1 saturated heterocycles. The van der Waals surface area contributed by atoms with Gasteiger partial charge in [-0.1, -0.05) is 23.8 Å². The molecule has 1 aliphatic heterocycles. The highest BCUT2D eigenvalue weighted by atomic mass is 15.6. The third kappa shape index (κ3) is 1.91. The van der Waals surface area contributed by atoms with E-state index in [2.05, 4.69) is 42.5 Å². The van der Waals surface area contributed by atoms with E-state index in [-0.39, 0.29) is 5.54 Å². The smallest absolute Gasteiger partial charge is 0.0511 e. The first-order valence-electron chi connectivity index (χ1n) is 5.58. The average Bonchev–Trinajstić information content (AvgIpc) is 2.63. The quantitative estimate of drug-likeness (QED) is 0.685. The molecule has 1 N–H and O–H groups in total. The van der Waals surface area contributed by atoms with E-state index in [9.17, 15) is 0 Å². The van der Waals surface area contributed by atoms with Crippen molar-refractivity contribution in [3.05, 3.63) is 23.8 Å². The maximum absolute atomic E-state index is 3.47. The highest BCUT2D eigenvalue weighted by Gasteiger charge is 2.31. The van der Waals surface area contributed by atoms with Gasteiger partial charge in [0.1, 0.15) is 0 Å². The van der Waals surface area contributed by atoms with E-state index in [0.29, 0.717) is 0 Å². The van der Waals surface area contributed by atoms with Crippen LogP contribution in [0.3, 0.4) is 0 Å². The molecule has 0 aromatic carbocycles. The molecular formula is C12H20N2. The molecule has 2 nitrogen and oxygen atoms in total. The predicted octanol–water partition coefficient (Wildman–Crippen LogP) is 2.25. The molecule has 1 fully saturated rings. The Balaban J connectivity index is 2.11. The lowest BCUT2D eigenvalue weighted by Crippen LogP contribution is -2.48. The number of hydrazine groups is 1. The van der Waals surface area contributed by atoms with Crippen molar-refractivity contribution in [3.63, 3.8) is 0 Å². The highest BCUT2D eigenvalue weighted by Crippen LogP contribution is 2.27. The third-order valence-corrected chi connectivity index (χ3v) is 3.30. The van der Waals surface area contributed by atoms with Gasteiger partial charge in [-0.3, -0.25) is 5.43 Å². The lowest BCUT2D eigenvalue weighted by molar-refractivity contribution is 0.117. The molecule has 78 valence electrons. The average molecular weight is 192 g/mol. The van der Waals surface area contributed by atoms with Crippen LogP contribution in [0.2, 0.25) is 0 Å². The van der Waals surface area contributed by atoms with Gasteiger partial charge in [0.05, 0.1) is 5.54 Å². The van der Waals surface area contributed by atoms with E-state index >= 15 is 0 Å². The summed E-state index contributed by atoms with van der Waals surface area (Å²) in [6.45, 7) is 6.82. The molecule has 1 heterocycles. The summed E-state index contributed by atoms with van der Waals surface area (Å²) in [7, 11) is 0. The lowest BCUT2D eigenvalue weighted by Gasteiger charge is -2.35. The van der Waals surface area contributed by atoms with Gasteiger partial charge in [0, 0.05) is 13.1 Å². The van der Waals surface area contributed by atoms with Crippen molar-refractivity contribution in [1.82, 2.24) is 10.4 Å². The number of allylic oxidation sites excluding steroid dienone is 3. The van der Waals surface area contributed by atoms with Crippen LogP contribution in [-0.2, 0) is 0 Å². The number of rotatable bonds is 1. The minimum absolute atomic E-state index is 0.213. The monoisotopic (exact) mass is 192 g/mol. The van der Waals surface area contributed by atoms with E-state index in [1.165, 1.54) is 31.4 Å². The maximum atomic E-state index is 3.47. The van der Waals surface area contributed by atoms with Crippen LogP contribution in [0.1, 0.15) is 33.1 Å². The number of hydrogen-bond donors (Lipinski definition) is 1. The third-order valence-electron chi connectivity index (χ3n) is 3.30. The Morgan fingerprint density at radius 2 is 2.36 bits per heavy atom. The molecule has 2 rings (SSSR count). The van der Waals surface area contributed by atoms with Crippen molar-refractivity contribution in [1.29, 1.82) is 0 Å². The van der Waals surface area contributed by atoms with Crippen LogP contribution in [0.15, 0.2) is 23.8 Å². The van der Waals surface area contributed by atoms with Crippen molar-refractivity contribution in [2.24, 2.45) is 0 Å². The summed E-state index contributed by atoms with van der Waals surface area (Å²) < 4.78 is 0. The molecule has 14 heavy (non-hydrogen) atoms. The Morgan fingerprint density at radius 1 is 1.50 bits per heavy atom. The van der Waals surface area contributed by atoms with Crippen LogP contribution < -0.4 is 5.43 Å². The van der Waals surface area contributed by atoms with E-state index in [0.717, 1.165) is 6.54 Å². The molecule has 0 aromatic rings. The Labute approximate surface area is 86.6 Å². The Bertz CT molecular complexity index is 261. The second-order valence-electron chi connectivity index (χ2n) is 4.59. The summed E-state index contributed by atoms with van der Waals surface area (Å²) in [5, 5.41) is 2.40. The molecule has 1 aliphatic carbocycles. The van der Waals surface area contributed by atoms with E-state index in [4.69, 9.17) is 0 Å². The first-order chi connectivity index (χ1) is 6.71. The Morgan fingerprint density at radius 3 is 3.07 bits per heavy atom. The topological polar surface area (TPSA) is 15.3 Å². The van der Waals surface area contributed by atoms with Crippen molar-refractivity contribution < 1.29 is 0 Å². The van der Waals surface area contributed by atoms with Crippen LogP contribution >= 0.6 is 0 Å². The van der Waals surface area contributed by atoms with E-state index in [1.807, 2.05) is 0 Å². The van der Waals surface area contributed by atoms with Gasteiger partial charge in [-0.25, -0.2) is 5.01 Å². The zero-order valence-corrected chi connectivity index (χ0v) is 9.21. The maximum Gasteiger partial charge on any atom is 0.0511 e. The number of nitrogens with one attached hydrogen (secondary N) is 1. The van der Waals surface area contributed by atoms with Gasteiger partial charge >= 0.3 is 0 Å². The minimum atomic E-state index is 0.213. The summed E-state index contributed by atoms with van der Waals surface area (Å²) in [6, 6.07) is 0. The summed E-state index contributed by atoms with van der Waals surface area (Å²) in [5.41, 5.74) is 5.08. The van der Waals surface area contributed by atoms with Crippen LogP contribution in [0, 0.1) is 0 Å². The number of hydrogen-bond acceptors (Lipinski definition) is 2. The highest BCUT2D eigenvalue weighted by molar-refractivity contribution is 5.23. The van der Waals surface area contributed by atoms with Crippen molar-refractivity contribution in [2.45, 2.75) is 38.6 Å². The minimum Gasteiger partial charge on any atom is -0.254 e. The van der Waals surface area contributed by atoms with Gasteiger partial charge in [-0.05, 0) is 33.1 Å². The molecule has 0 amide bonds. The second kappa shape index (κ2) is 3.87. The Hall–Kier alpha value is -0.600. The van der Waals surface area contributed by atoms with Gasteiger partial charge in [0.15, 0.2) is 0 Å². The second-order valence-corrected chi connectivity index (χ2v) is 4.59. The summed E-state index contributed by atoms with van der Waals surface area (Å²) >= 11 is 0. The van der Waals surface area contributed by atoms with Crippen molar-refractivity contribution in [3.8, 4) is 0 Å². The molecule has 0 aromatic heterocycles. The normalized spacial score (nSPS) is 34.3. The zero-order valence-electron chi connectivity index (χ0n) is 9.21. The van der Waals surface area contributed by atoms with Crippen LogP contribution in [0.4, 0.5) is 0 Å². The number of nitrogens with zero attached hydrogens (tertiary/aromatic N) is 1. The summed E-state index contributed by atoms with van der Waals surface area (Å²) in [4.78, 5) is 0. The van der Waals surface area contributed by atoms with Gasteiger partial charge < -0.3 is 0 Å². The first-order valence-corrected chi connectivity index (χ1v) is 5.58. The lowest BCUT2D eigenvalue weighted by atomic mass is 9.95. The van der Waals surface area contributed by atoms with Gasteiger partial charge in [0.2, 0.25) is 0 Å². The van der Waals surface area contributed by atoms with Gasteiger partial charge in [-0.15, -0.1) is 0 Å². The van der Waals surface area contributed by atoms with E-state index in [1.54, 1.807) is 0 Å². The van der Waals surface area contributed by atoms with Gasteiger partial charge in [-0.2, -0.15) is 0 Å². The van der Waals surface area contributed by atoms with Crippen molar-refractivity contribution >= 4 is 0 Å². The summed E-state index contributed by atoms with van der Waals surface area (Å²) in [6.07, 6.45) is 10.6. The molecule has 0 radical (unpaired) electrons. The molecular weight excluding hydrogens is 172 g/mol. The molecule has 0 bridgehead atoms. The Kier molecular flexibility index (Phi) is 2.75. The fraction of sp³-hybridized carbons (Fsp3) is 0.667. The molecule has 1 unspecified atom stereocenters.